The molecule has 0 aromatic heterocycles. The molecule has 0 heterocycles. The molecule has 0 bridgehead atoms. The summed E-state index contributed by atoms with van der Waals surface area (Å²) in [5.74, 6) is -0.0211. The SMILES string of the molecule is CCCCC/C=C\C/C=C\CCCCCCCCCCCC(=O)OCCCCCCCCCCCCCC/C=C\CCCCCCCCCCCCCC(=O)NC(CO)C(O)CCCCCCCCCCCCCCCCCC. The lowest BCUT2D eigenvalue weighted by molar-refractivity contribution is -0.143. The molecule has 0 aromatic rings. The van der Waals surface area contributed by atoms with Crippen LogP contribution in [-0.4, -0.2) is 47.4 Å². The topological polar surface area (TPSA) is 95.9 Å². The normalized spacial score (nSPS) is 12.7. The van der Waals surface area contributed by atoms with Gasteiger partial charge in [-0.05, 0) is 83.5 Å². The summed E-state index contributed by atoms with van der Waals surface area (Å²) in [4.78, 5) is 24.6. The van der Waals surface area contributed by atoms with Gasteiger partial charge >= 0.3 is 5.97 Å². The lowest BCUT2D eigenvalue weighted by Crippen LogP contribution is -2.45. The number of hydrogen-bond acceptors (Lipinski definition) is 5. The summed E-state index contributed by atoms with van der Waals surface area (Å²) < 4.78 is 5.51. The molecule has 466 valence electrons. The Morgan fingerprint density at radius 1 is 0.354 bits per heavy atom. The molecule has 6 nitrogen and oxygen atoms in total. The second-order valence-corrected chi connectivity index (χ2v) is 24.6. The highest BCUT2D eigenvalue weighted by Crippen LogP contribution is 2.19. The number of unbranched alkanes of at least 4 members (excludes halogenated alkanes) is 50. The molecular formula is C73H139NO5. The van der Waals surface area contributed by atoms with Gasteiger partial charge in [0, 0.05) is 12.8 Å². The molecule has 0 aliphatic heterocycles. The molecule has 0 aliphatic rings. The number of aliphatic hydroxyl groups is 2. The lowest BCUT2D eigenvalue weighted by atomic mass is 10.0. The minimum Gasteiger partial charge on any atom is -0.466 e. The first-order valence-electron chi connectivity index (χ1n) is 35.7. The maximum Gasteiger partial charge on any atom is 0.305 e. The van der Waals surface area contributed by atoms with Gasteiger partial charge in [0.2, 0.25) is 5.91 Å². The monoisotopic (exact) mass is 1110 g/mol. The van der Waals surface area contributed by atoms with E-state index in [9.17, 15) is 19.8 Å². The zero-order chi connectivity index (χ0) is 57.1. The Bertz CT molecular complexity index is 1280. The van der Waals surface area contributed by atoms with Crippen molar-refractivity contribution in [2.24, 2.45) is 0 Å². The molecule has 1 amide bonds. The van der Waals surface area contributed by atoms with Gasteiger partial charge in [0.15, 0.2) is 0 Å². The van der Waals surface area contributed by atoms with Crippen LogP contribution in [-0.2, 0) is 14.3 Å². The highest BCUT2D eigenvalue weighted by atomic mass is 16.5. The highest BCUT2D eigenvalue weighted by molar-refractivity contribution is 5.76. The van der Waals surface area contributed by atoms with Gasteiger partial charge in [-0.1, -0.05) is 333 Å². The molecule has 6 heteroatoms. The Labute approximate surface area is 494 Å². The number of ether oxygens (including phenoxy) is 1. The first-order valence-corrected chi connectivity index (χ1v) is 35.7. The predicted octanol–water partition coefficient (Wildman–Crippen LogP) is 23.1. The molecule has 0 aliphatic carbocycles. The Morgan fingerprint density at radius 3 is 1.00 bits per heavy atom. The number of nitrogens with one attached hydrogen (secondary N) is 1. The first-order chi connectivity index (χ1) is 39.0. The fourth-order valence-corrected chi connectivity index (χ4v) is 11.2. The number of allylic oxidation sites excluding steroid dienone is 6. The Balaban J connectivity index is 3.37. The molecule has 2 atom stereocenters. The second kappa shape index (κ2) is 68.6. The Kier molecular flexibility index (Phi) is 66.9. The lowest BCUT2D eigenvalue weighted by Gasteiger charge is -2.22. The Morgan fingerprint density at radius 2 is 0.633 bits per heavy atom. The quantitative estimate of drug-likeness (QED) is 0.0320. The van der Waals surface area contributed by atoms with Crippen molar-refractivity contribution >= 4 is 11.9 Å². The van der Waals surface area contributed by atoms with Crippen LogP contribution in [0.1, 0.15) is 393 Å². The van der Waals surface area contributed by atoms with Gasteiger partial charge < -0.3 is 20.3 Å². The number of hydrogen-bond donors (Lipinski definition) is 3. The van der Waals surface area contributed by atoms with Crippen molar-refractivity contribution in [3.63, 3.8) is 0 Å². The van der Waals surface area contributed by atoms with Crippen molar-refractivity contribution in [3.05, 3.63) is 36.5 Å². The summed E-state index contributed by atoms with van der Waals surface area (Å²) in [7, 11) is 0. The molecular weight excluding hydrogens is 971 g/mol. The number of rotatable bonds is 67. The van der Waals surface area contributed by atoms with Gasteiger partial charge in [0.1, 0.15) is 0 Å². The van der Waals surface area contributed by atoms with E-state index in [0.717, 1.165) is 51.4 Å². The number of esters is 1. The van der Waals surface area contributed by atoms with E-state index in [1.54, 1.807) is 0 Å². The summed E-state index contributed by atoms with van der Waals surface area (Å²) in [6.45, 7) is 4.96. The average Bonchev–Trinajstić information content (AvgIpc) is 3.45. The minimum absolute atomic E-state index is 0.0119. The van der Waals surface area contributed by atoms with E-state index in [0.29, 0.717) is 25.9 Å². The standard InChI is InChI=1S/C73H139NO5/c1-3-5-7-9-11-13-15-17-19-21-31-35-39-43-47-51-55-59-63-67-73(78)79-68-64-60-56-52-48-44-40-36-33-30-28-26-24-22-23-25-27-29-32-34-38-42-46-50-54-58-62-66-72(77)74-70(69-75)71(76)65-61-57-53-49-45-41-37-20-18-16-14-12-10-8-6-4-2/h11,13,17,19,22-23,70-71,75-76H,3-10,12,14-16,18,20-21,24-69H2,1-2H3,(H,74,77)/b13-11-,19-17-,23-22-. The first kappa shape index (κ1) is 77.1. The average molecular weight is 1110 g/mol. The van der Waals surface area contributed by atoms with Crippen molar-refractivity contribution in [2.45, 2.75) is 405 Å². The van der Waals surface area contributed by atoms with Gasteiger partial charge in [-0.3, -0.25) is 9.59 Å². The van der Waals surface area contributed by atoms with E-state index in [4.69, 9.17) is 4.74 Å². The van der Waals surface area contributed by atoms with E-state index in [2.05, 4.69) is 55.6 Å². The molecule has 3 N–H and O–H groups in total. The van der Waals surface area contributed by atoms with Crippen LogP contribution < -0.4 is 5.32 Å². The van der Waals surface area contributed by atoms with Crippen molar-refractivity contribution < 1.29 is 24.5 Å². The zero-order valence-electron chi connectivity index (χ0n) is 53.4. The summed E-state index contributed by atoms with van der Waals surface area (Å²) in [6, 6.07) is -0.542. The highest BCUT2D eigenvalue weighted by Gasteiger charge is 2.20. The summed E-state index contributed by atoms with van der Waals surface area (Å²) >= 11 is 0. The maximum atomic E-state index is 12.5. The van der Waals surface area contributed by atoms with Crippen LogP contribution in [0.15, 0.2) is 36.5 Å². The minimum atomic E-state index is -0.665. The molecule has 0 radical (unpaired) electrons. The van der Waals surface area contributed by atoms with Gasteiger partial charge in [-0.2, -0.15) is 0 Å². The summed E-state index contributed by atoms with van der Waals surface area (Å²) in [5, 5.41) is 23.4. The predicted molar refractivity (Wildman–Crippen MR) is 347 cm³/mol. The molecule has 0 saturated heterocycles. The second-order valence-electron chi connectivity index (χ2n) is 24.6. The van der Waals surface area contributed by atoms with E-state index in [1.807, 2.05) is 0 Å². The Hall–Kier alpha value is -1.92. The van der Waals surface area contributed by atoms with E-state index >= 15 is 0 Å². The number of carbonyl (C=O) groups excluding carboxylic acids is 2. The van der Waals surface area contributed by atoms with E-state index < -0.39 is 12.1 Å². The van der Waals surface area contributed by atoms with Crippen LogP contribution in [0.2, 0.25) is 0 Å². The van der Waals surface area contributed by atoms with Crippen LogP contribution in [0.3, 0.4) is 0 Å². The van der Waals surface area contributed by atoms with Crippen LogP contribution >= 0.6 is 0 Å². The van der Waals surface area contributed by atoms with Crippen molar-refractivity contribution in [1.82, 2.24) is 5.32 Å². The number of carbonyl (C=O) groups is 2. The fourth-order valence-electron chi connectivity index (χ4n) is 11.2. The van der Waals surface area contributed by atoms with Crippen LogP contribution in [0.4, 0.5) is 0 Å². The van der Waals surface area contributed by atoms with Crippen molar-refractivity contribution in [1.29, 1.82) is 0 Å². The van der Waals surface area contributed by atoms with Gasteiger partial charge in [-0.15, -0.1) is 0 Å². The number of aliphatic hydroxyl groups excluding tert-OH is 2. The van der Waals surface area contributed by atoms with Crippen molar-refractivity contribution in [2.75, 3.05) is 13.2 Å². The largest absolute Gasteiger partial charge is 0.466 e. The van der Waals surface area contributed by atoms with Gasteiger partial charge in [-0.25, -0.2) is 0 Å². The third-order valence-electron chi connectivity index (χ3n) is 16.7. The van der Waals surface area contributed by atoms with E-state index in [1.165, 1.54) is 308 Å². The molecule has 0 aromatic carbocycles. The molecule has 0 spiro atoms. The molecule has 0 fully saturated rings. The molecule has 0 saturated carbocycles. The fraction of sp³-hybridized carbons (Fsp3) is 0.890. The van der Waals surface area contributed by atoms with Crippen LogP contribution in [0.25, 0.3) is 0 Å². The summed E-state index contributed by atoms with van der Waals surface area (Å²) in [5.41, 5.74) is 0. The molecule has 2 unspecified atom stereocenters. The third-order valence-corrected chi connectivity index (χ3v) is 16.7. The molecule has 79 heavy (non-hydrogen) atoms. The maximum absolute atomic E-state index is 12.5. The summed E-state index contributed by atoms with van der Waals surface area (Å²) in [6.07, 6.45) is 87.6. The third kappa shape index (κ3) is 65.1. The molecule has 0 rings (SSSR count). The zero-order valence-corrected chi connectivity index (χ0v) is 53.4. The van der Waals surface area contributed by atoms with Gasteiger partial charge in [0.05, 0.1) is 25.4 Å². The van der Waals surface area contributed by atoms with Crippen LogP contribution in [0.5, 0.6) is 0 Å². The van der Waals surface area contributed by atoms with Gasteiger partial charge in [0.25, 0.3) is 0 Å². The smallest absolute Gasteiger partial charge is 0.305 e. The van der Waals surface area contributed by atoms with Crippen molar-refractivity contribution in [3.8, 4) is 0 Å². The number of amides is 1. The van der Waals surface area contributed by atoms with E-state index in [-0.39, 0.29) is 18.5 Å². The van der Waals surface area contributed by atoms with Crippen LogP contribution in [0, 0.1) is 0 Å².